The third-order valence-electron chi connectivity index (χ3n) is 8.78. The molecule has 0 saturated heterocycles. The molecule has 0 radical (unpaired) electrons. The number of aliphatic hydroxyl groups excluding tert-OH is 1. The van der Waals surface area contributed by atoms with E-state index in [2.05, 4.69) is 13.8 Å². The third-order valence-corrected chi connectivity index (χ3v) is 8.78. The summed E-state index contributed by atoms with van der Waals surface area (Å²) in [6, 6.07) is 0. The summed E-state index contributed by atoms with van der Waals surface area (Å²) in [4.78, 5) is 11.9. The van der Waals surface area contributed by atoms with E-state index in [0.717, 1.165) is 25.7 Å². The fourth-order valence-corrected chi connectivity index (χ4v) is 7.44. The zero-order valence-electron chi connectivity index (χ0n) is 14.0. The topological polar surface area (TPSA) is 37.3 Å². The highest BCUT2D eigenvalue weighted by molar-refractivity contribution is 5.80. The second kappa shape index (κ2) is 3.88. The molecule has 0 heterocycles. The van der Waals surface area contributed by atoms with Gasteiger partial charge >= 0.3 is 0 Å². The number of fused-ring (bicyclic) bond motifs is 2. The van der Waals surface area contributed by atoms with Gasteiger partial charge in [0.15, 0.2) is 0 Å². The largest absolute Gasteiger partial charge is 0.393 e. The number of allylic oxidation sites excluding steroid dienone is 2. The molecule has 22 heavy (non-hydrogen) atoms. The maximum absolute atomic E-state index is 11.9. The van der Waals surface area contributed by atoms with E-state index in [0.29, 0.717) is 28.4 Å². The van der Waals surface area contributed by atoms with E-state index in [1.165, 1.54) is 32.1 Å². The maximum atomic E-state index is 11.9. The number of Topliss-reactive ketones (excluding diaryl/α,β-unsaturated/α-hetero) is 1. The molecule has 1 spiro atoms. The van der Waals surface area contributed by atoms with Crippen molar-refractivity contribution in [2.24, 2.45) is 28.1 Å². The molecule has 3 saturated carbocycles. The number of ketones is 1. The van der Waals surface area contributed by atoms with Gasteiger partial charge in [0.1, 0.15) is 5.78 Å². The average molecular weight is 300 g/mol. The van der Waals surface area contributed by atoms with Gasteiger partial charge < -0.3 is 5.11 Å². The summed E-state index contributed by atoms with van der Waals surface area (Å²) in [5, 5.41) is 10.5. The van der Waals surface area contributed by atoms with E-state index in [4.69, 9.17) is 0 Å². The molecule has 5 aliphatic carbocycles. The second-order valence-corrected chi connectivity index (χ2v) is 9.47. The Morgan fingerprint density at radius 3 is 2.64 bits per heavy atom. The van der Waals surface area contributed by atoms with Crippen molar-refractivity contribution in [2.45, 2.75) is 77.7 Å². The normalized spacial score (nSPS) is 56.1. The summed E-state index contributed by atoms with van der Waals surface area (Å²) in [5.74, 6) is 1.64. The maximum Gasteiger partial charge on any atom is 0.133 e. The number of rotatable bonds is 0. The van der Waals surface area contributed by atoms with Gasteiger partial charge in [-0.25, -0.2) is 0 Å². The van der Waals surface area contributed by atoms with Crippen LogP contribution in [0.25, 0.3) is 0 Å². The van der Waals surface area contributed by atoms with Gasteiger partial charge in [0, 0.05) is 18.3 Å². The van der Waals surface area contributed by atoms with Gasteiger partial charge in [0.2, 0.25) is 0 Å². The fourth-order valence-electron chi connectivity index (χ4n) is 7.44. The molecule has 1 N–H and O–H groups in total. The van der Waals surface area contributed by atoms with Crippen LogP contribution in [0.3, 0.4) is 0 Å². The molecule has 0 aliphatic heterocycles. The van der Waals surface area contributed by atoms with Crippen LogP contribution in [0.5, 0.6) is 0 Å². The summed E-state index contributed by atoms with van der Waals surface area (Å²) < 4.78 is 0. The Bertz CT molecular complexity index is 605. The predicted molar refractivity (Wildman–Crippen MR) is 85.2 cm³/mol. The van der Waals surface area contributed by atoms with Crippen LogP contribution >= 0.6 is 0 Å². The Hall–Kier alpha value is -0.630. The molecule has 2 nitrogen and oxygen atoms in total. The van der Waals surface area contributed by atoms with Crippen LogP contribution in [0.15, 0.2) is 11.1 Å². The van der Waals surface area contributed by atoms with Crippen molar-refractivity contribution >= 4 is 5.78 Å². The monoisotopic (exact) mass is 300 g/mol. The predicted octanol–water partition coefficient (Wildman–Crippen LogP) is 4.02. The molecule has 3 fully saturated rings. The first-order valence-corrected chi connectivity index (χ1v) is 9.33. The van der Waals surface area contributed by atoms with E-state index < -0.39 is 0 Å². The highest BCUT2D eigenvalue weighted by Crippen LogP contribution is 2.81. The van der Waals surface area contributed by atoms with E-state index in [9.17, 15) is 9.90 Å². The minimum absolute atomic E-state index is 0.0599. The summed E-state index contributed by atoms with van der Waals surface area (Å²) in [5.41, 5.74) is 4.50. The van der Waals surface area contributed by atoms with E-state index in [1.807, 2.05) is 0 Å². The fraction of sp³-hybridized carbons (Fsp3) is 0.850. The van der Waals surface area contributed by atoms with Gasteiger partial charge in [-0.15, -0.1) is 0 Å². The summed E-state index contributed by atoms with van der Waals surface area (Å²) in [6.07, 6.45) is 9.80. The molecule has 0 unspecified atom stereocenters. The summed E-state index contributed by atoms with van der Waals surface area (Å²) in [7, 11) is 0. The van der Waals surface area contributed by atoms with Gasteiger partial charge in [-0.2, -0.15) is 0 Å². The lowest BCUT2D eigenvalue weighted by molar-refractivity contribution is -0.124. The van der Waals surface area contributed by atoms with Crippen molar-refractivity contribution in [3.63, 3.8) is 0 Å². The summed E-state index contributed by atoms with van der Waals surface area (Å²) >= 11 is 0. The van der Waals surface area contributed by atoms with Crippen molar-refractivity contribution in [1.29, 1.82) is 0 Å². The molecule has 2 heteroatoms. The van der Waals surface area contributed by atoms with Crippen LogP contribution in [0.2, 0.25) is 0 Å². The van der Waals surface area contributed by atoms with Crippen molar-refractivity contribution in [3.05, 3.63) is 11.1 Å². The lowest BCUT2D eigenvalue weighted by Gasteiger charge is -2.54. The Morgan fingerprint density at radius 2 is 1.86 bits per heavy atom. The van der Waals surface area contributed by atoms with E-state index in [-0.39, 0.29) is 11.5 Å². The third kappa shape index (κ3) is 1.36. The molecule has 0 aromatic heterocycles. The number of hydrogen-bond acceptors (Lipinski definition) is 2. The Balaban J connectivity index is 1.62. The Morgan fingerprint density at radius 1 is 1.05 bits per heavy atom. The zero-order chi connectivity index (χ0) is 15.3. The first kappa shape index (κ1) is 13.8. The van der Waals surface area contributed by atoms with Gasteiger partial charge in [-0.05, 0) is 67.6 Å². The average Bonchev–Trinajstić information content (AvgIpc) is 3.17. The molecule has 0 aromatic carbocycles. The van der Waals surface area contributed by atoms with Crippen molar-refractivity contribution in [2.75, 3.05) is 0 Å². The Kier molecular flexibility index (Phi) is 2.43. The summed E-state index contributed by atoms with van der Waals surface area (Å²) in [6.45, 7) is 4.91. The first-order valence-electron chi connectivity index (χ1n) is 9.33. The van der Waals surface area contributed by atoms with Gasteiger partial charge in [0.25, 0.3) is 0 Å². The van der Waals surface area contributed by atoms with Crippen LogP contribution in [-0.4, -0.2) is 17.0 Å². The highest BCUT2D eigenvalue weighted by atomic mass is 16.3. The lowest BCUT2D eigenvalue weighted by Crippen LogP contribution is -2.44. The van der Waals surface area contributed by atoms with Crippen molar-refractivity contribution in [1.82, 2.24) is 0 Å². The number of carbonyl (C=O) groups excluding carboxylic acids is 1. The van der Waals surface area contributed by atoms with Crippen LogP contribution < -0.4 is 0 Å². The van der Waals surface area contributed by atoms with E-state index >= 15 is 0 Å². The van der Waals surface area contributed by atoms with Gasteiger partial charge in [0.05, 0.1) is 6.10 Å². The van der Waals surface area contributed by atoms with Crippen LogP contribution in [0, 0.1) is 28.1 Å². The molecule has 5 aliphatic rings. The van der Waals surface area contributed by atoms with Crippen LogP contribution in [-0.2, 0) is 4.79 Å². The molecule has 120 valence electrons. The van der Waals surface area contributed by atoms with Gasteiger partial charge in [-0.1, -0.05) is 25.0 Å². The standard InChI is InChI=1S/C20H28O2/c1-18-7-6-14-15(20(18)10-16(20)17(22)11-18)4-3-12-9-13(21)5-8-19(12,14)2/h12,16-17,22H,3-11H2,1-2H3/t12-,16+,17+,18-,19+,20-/m1/s1. The zero-order valence-corrected chi connectivity index (χ0v) is 14.0. The molecule has 0 bridgehead atoms. The molecule has 0 amide bonds. The first-order chi connectivity index (χ1) is 10.4. The van der Waals surface area contributed by atoms with Crippen LogP contribution in [0.1, 0.15) is 71.6 Å². The molecule has 6 atom stereocenters. The highest BCUT2D eigenvalue weighted by Gasteiger charge is 2.75. The number of aliphatic hydroxyl groups is 1. The Labute approximate surface area is 133 Å². The molecule has 5 rings (SSSR count). The SMILES string of the molecule is C[C@]12CCC3=C(CC[C@@H]4CC(=O)CC[C@]34C)[C@@]13C[C@H]3[C@@H](O)C2. The number of hydrogen-bond donors (Lipinski definition) is 1. The molecular weight excluding hydrogens is 272 g/mol. The minimum atomic E-state index is -0.0599. The smallest absolute Gasteiger partial charge is 0.133 e. The molecular formula is C20H28O2. The van der Waals surface area contributed by atoms with Crippen molar-refractivity contribution < 1.29 is 9.90 Å². The number of carbonyl (C=O) groups is 1. The van der Waals surface area contributed by atoms with Gasteiger partial charge in [-0.3, -0.25) is 4.79 Å². The minimum Gasteiger partial charge on any atom is -0.393 e. The lowest BCUT2D eigenvalue weighted by atomic mass is 9.50. The van der Waals surface area contributed by atoms with E-state index in [1.54, 1.807) is 11.1 Å². The second-order valence-electron chi connectivity index (χ2n) is 9.47. The molecule has 0 aromatic rings. The quantitative estimate of drug-likeness (QED) is 0.686. The van der Waals surface area contributed by atoms with Crippen molar-refractivity contribution in [3.8, 4) is 0 Å². The van der Waals surface area contributed by atoms with Crippen LogP contribution in [0.4, 0.5) is 0 Å².